The molecule has 2 fully saturated rings. The summed E-state index contributed by atoms with van der Waals surface area (Å²) >= 11 is 0. The van der Waals surface area contributed by atoms with Crippen LogP contribution in [0.25, 0.3) is 0 Å². The Morgan fingerprint density at radius 3 is 2.76 bits per heavy atom. The first-order valence-electron chi connectivity index (χ1n) is 7.83. The zero-order valence-electron chi connectivity index (χ0n) is 11.1. The third-order valence-electron chi connectivity index (χ3n) is 5.02. The average Bonchev–Trinajstić information content (AvgIpc) is 3.09. The smallest absolute Gasteiger partial charge is 0.00699 e. The summed E-state index contributed by atoms with van der Waals surface area (Å²) in [5.74, 6) is 2.20. The molecule has 1 nitrogen and oxygen atoms in total. The summed E-state index contributed by atoms with van der Waals surface area (Å²) < 4.78 is 0. The molecule has 0 heterocycles. The zero-order chi connectivity index (χ0) is 11.5. The van der Waals surface area contributed by atoms with Gasteiger partial charge in [-0.2, -0.15) is 0 Å². The van der Waals surface area contributed by atoms with Crippen LogP contribution in [0.15, 0.2) is 11.6 Å². The second kappa shape index (κ2) is 5.56. The van der Waals surface area contributed by atoms with Crippen molar-refractivity contribution in [1.29, 1.82) is 0 Å². The molecular weight excluding hydrogens is 206 g/mol. The summed E-state index contributed by atoms with van der Waals surface area (Å²) in [4.78, 5) is 0. The Morgan fingerprint density at radius 2 is 2.00 bits per heavy atom. The molecular formula is C16H27N. The maximum absolute atomic E-state index is 3.82. The molecule has 3 aliphatic rings. The molecule has 3 rings (SSSR count). The van der Waals surface area contributed by atoms with Crippen molar-refractivity contribution in [2.45, 2.75) is 70.3 Å². The Kier molecular flexibility index (Phi) is 3.85. The van der Waals surface area contributed by atoms with Gasteiger partial charge in [0.1, 0.15) is 0 Å². The lowest BCUT2D eigenvalue weighted by atomic mass is 9.82. The summed E-state index contributed by atoms with van der Waals surface area (Å²) in [5.41, 5.74) is 1.71. The van der Waals surface area contributed by atoms with Crippen LogP contribution < -0.4 is 5.32 Å². The van der Waals surface area contributed by atoms with Gasteiger partial charge in [-0.1, -0.05) is 24.5 Å². The van der Waals surface area contributed by atoms with E-state index in [1.54, 1.807) is 5.57 Å². The lowest BCUT2D eigenvalue weighted by Gasteiger charge is -2.30. The second-order valence-electron chi connectivity index (χ2n) is 6.42. The molecule has 1 heteroatoms. The summed E-state index contributed by atoms with van der Waals surface area (Å²) in [6.07, 6.45) is 16.9. The van der Waals surface area contributed by atoms with Gasteiger partial charge in [-0.25, -0.2) is 0 Å². The SMILES string of the molecule is C1=C(CCNC2CCCC(C3CC3)C2)CCC1. The summed E-state index contributed by atoms with van der Waals surface area (Å²) in [6.45, 7) is 1.23. The lowest BCUT2D eigenvalue weighted by molar-refractivity contribution is 0.262. The largest absolute Gasteiger partial charge is 0.314 e. The van der Waals surface area contributed by atoms with Crippen molar-refractivity contribution >= 4 is 0 Å². The molecule has 0 aliphatic heterocycles. The van der Waals surface area contributed by atoms with Crippen LogP contribution in [0.1, 0.15) is 64.2 Å². The Morgan fingerprint density at radius 1 is 1.06 bits per heavy atom. The number of nitrogens with one attached hydrogen (secondary N) is 1. The fourth-order valence-electron chi connectivity index (χ4n) is 3.81. The zero-order valence-corrected chi connectivity index (χ0v) is 11.1. The highest BCUT2D eigenvalue weighted by atomic mass is 14.9. The molecule has 0 saturated heterocycles. The molecule has 0 radical (unpaired) electrons. The Balaban J connectivity index is 1.36. The maximum Gasteiger partial charge on any atom is 0.00699 e. The topological polar surface area (TPSA) is 12.0 Å². The van der Waals surface area contributed by atoms with Crippen LogP contribution in [0, 0.1) is 11.8 Å². The van der Waals surface area contributed by atoms with Crippen LogP contribution in [0.3, 0.4) is 0 Å². The van der Waals surface area contributed by atoms with Crippen molar-refractivity contribution in [3.05, 3.63) is 11.6 Å². The van der Waals surface area contributed by atoms with Crippen LogP contribution in [0.2, 0.25) is 0 Å². The highest BCUT2D eigenvalue weighted by Gasteiger charge is 2.34. The molecule has 0 aromatic heterocycles. The monoisotopic (exact) mass is 233 g/mol. The number of rotatable bonds is 5. The molecule has 17 heavy (non-hydrogen) atoms. The summed E-state index contributed by atoms with van der Waals surface area (Å²) in [6, 6.07) is 0.844. The van der Waals surface area contributed by atoms with E-state index in [9.17, 15) is 0 Å². The summed E-state index contributed by atoms with van der Waals surface area (Å²) in [7, 11) is 0. The van der Waals surface area contributed by atoms with E-state index in [0.29, 0.717) is 0 Å². The van der Waals surface area contributed by atoms with Gasteiger partial charge in [0.05, 0.1) is 0 Å². The first-order chi connectivity index (χ1) is 8.42. The standard InChI is InChI=1S/C16H27N/c1-2-5-13(4-1)10-11-17-16-7-3-6-15(12-16)14-8-9-14/h4,14-17H,1-3,5-12H2. The van der Waals surface area contributed by atoms with Crippen molar-refractivity contribution in [2.24, 2.45) is 11.8 Å². The molecule has 2 unspecified atom stereocenters. The van der Waals surface area contributed by atoms with Crippen LogP contribution >= 0.6 is 0 Å². The van der Waals surface area contributed by atoms with Gasteiger partial charge < -0.3 is 5.32 Å². The number of hydrogen-bond donors (Lipinski definition) is 1. The highest BCUT2D eigenvalue weighted by Crippen LogP contribution is 2.43. The highest BCUT2D eigenvalue weighted by molar-refractivity contribution is 5.07. The second-order valence-corrected chi connectivity index (χ2v) is 6.42. The van der Waals surface area contributed by atoms with Gasteiger partial charge in [0.25, 0.3) is 0 Å². The summed E-state index contributed by atoms with van der Waals surface area (Å²) in [5, 5.41) is 3.82. The van der Waals surface area contributed by atoms with E-state index in [4.69, 9.17) is 0 Å². The molecule has 0 aromatic carbocycles. The minimum Gasteiger partial charge on any atom is -0.314 e. The maximum atomic E-state index is 3.82. The first kappa shape index (κ1) is 11.8. The van der Waals surface area contributed by atoms with Gasteiger partial charge in [0, 0.05) is 6.04 Å². The minimum absolute atomic E-state index is 0.844. The quantitative estimate of drug-likeness (QED) is 0.707. The van der Waals surface area contributed by atoms with Crippen molar-refractivity contribution in [3.63, 3.8) is 0 Å². The van der Waals surface area contributed by atoms with Crippen LogP contribution in [-0.4, -0.2) is 12.6 Å². The minimum atomic E-state index is 0.844. The van der Waals surface area contributed by atoms with E-state index in [-0.39, 0.29) is 0 Å². The predicted molar refractivity (Wildman–Crippen MR) is 73.0 cm³/mol. The fourth-order valence-corrected chi connectivity index (χ4v) is 3.81. The fraction of sp³-hybridized carbons (Fsp3) is 0.875. The van der Waals surface area contributed by atoms with Crippen molar-refractivity contribution in [3.8, 4) is 0 Å². The first-order valence-corrected chi connectivity index (χ1v) is 7.83. The van der Waals surface area contributed by atoms with Crippen LogP contribution in [-0.2, 0) is 0 Å². The van der Waals surface area contributed by atoms with Gasteiger partial charge in [0.2, 0.25) is 0 Å². The number of hydrogen-bond acceptors (Lipinski definition) is 1. The van der Waals surface area contributed by atoms with Gasteiger partial charge >= 0.3 is 0 Å². The van der Waals surface area contributed by atoms with E-state index >= 15 is 0 Å². The van der Waals surface area contributed by atoms with Gasteiger partial charge in [-0.05, 0) is 69.7 Å². The normalized spacial score (nSPS) is 33.8. The molecule has 0 amide bonds. The van der Waals surface area contributed by atoms with Crippen LogP contribution in [0.5, 0.6) is 0 Å². The Labute approximate surface area is 106 Å². The van der Waals surface area contributed by atoms with Gasteiger partial charge in [-0.15, -0.1) is 0 Å². The van der Waals surface area contributed by atoms with Crippen molar-refractivity contribution in [1.82, 2.24) is 5.32 Å². The third kappa shape index (κ3) is 3.34. The molecule has 96 valence electrons. The third-order valence-corrected chi connectivity index (χ3v) is 5.02. The van der Waals surface area contributed by atoms with Gasteiger partial charge in [0.15, 0.2) is 0 Å². The molecule has 1 N–H and O–H groups in total. The lowest BCUT2D eigenvalue weighted by Crippen LogP contribution is -2.35. The molecule has 0 bridgehead atoms. The average molecular weight is 233 g/mol. The van der Waals surface area contributed by atoms with E-state index in [2.05, 4.69) is 11.4 Å². The molecule has 2 atom stereocenters. The van der Waals surface area contributed by atoms with Crippen molar-refractivity contribution < 1.29 is 0 Å². The van der Waals surface area contributed by atoms with Crippen LogP contribution in [0.4, 0.5) is 0 Å². The van der Waals surface area contributed by atoms with E-state index in [1.165, 1.54) is 70.8 Å². The van der Waals surface area contributed by atoms with Gasteiger partial charge in [-0.3, -0.25) is 0 Å². The molecule has 3 aliphatic carbocycles. The molecule has 0 aromatic rings. The predicted octanol–water partition coefficient (Wildman–Crippen LogP) is 4.05. The van der Waals surface area contributed by atoms with E-state index < -0.39 is 0 Å². The Bertz CT molecular complexity index is 277. The molecule has 0 spiro atoms. The van der Waals surface area contributed by atoms with E-state index in [1.807, 2.05) is 0 Å². The number of allylic oxidation sites excluding steroid dienone is 1. The Hall–Kier alpha value is -0.300. The van der Waals surface area contributed by atoms with Crippen molar-refractivity contribution in [2.75, 3.05) is 6.54 Å². The van der Waals surface area contributed by atoms with E-state index in [0.717, 1.165) is 17.9 Å². The molecule has 2 saturated carbocycles.